The molecular formula is C12H18N4O3. The predicted octanol–water partition coefficient (Wildman–Crippen LogP) is -0.317. The van der Waals surface area contributed by atoms with Crippen molar-refractivity contribution in [2.75, 3.05) is 19.7 Å². The van der Waals surface area contributed by atoms with Gasteiger partial charge in [0, 0.05) is 19.5 Å². The third-order valence-corrected chi connectivity index (χ3v) is 3.61. The minimum absolute atomic E-state index is 0.0223. The number of esters is 1. The number of carbonyl (C=O) groups excluding carboxylic acids is 1. The monoisotopic (exact) mass is 266 g/mol. The summed E-state index contributed by atoms with van der Waals surface area (Å²) in [5.74, 6) is -0.103. The molecule has 104 valence electrons. The van der Waals surface area contributed by atoms with Crippen molar-refractivity contribution in [3.63, 3.8) is 0 Å². The Morgan fingerprint density at radius 2 is 2.42 bits per heavy atom. The van der Waals surface area contributed by atoms with Crippen molar-refractivity contribution in [2.24, 2.45) is 0 Å². The van der Waals surface area contributed by atoms with Crippen LogP contribution in [0, 0.1) is 0 Å². The van der Waals surface area contributed by atoms with Gasteiger partial charge in [0.25, 0.3) is 0 Å². The van der Waals surface area contributed by atoms with Gasteiger partial charge in [-0.15, -0.1) is 0 Å². The summed E-state index contributed by atoms with van der Waals surface area (Å²) in [7, 11) is 0. The fourth-order valence-corrected chi connectivity index (χ4v) is 2.71. The lowest BCUT2D eigenvalue weighted by Crippen LogP contribution is -2.50. The highest BCUT2D eigenvalue weighted by Gasteiger charge is 2.38. The molecule has 1 aromatic rings. The Kier molecular flexibility index (Phi) is 3.48. The Morgan fingerprint density at radius 1 is 1.53 bits per heavy atom. The summed E-state index contributed by atoms with van der Waals surface area (Å²) in [5, 5.41) is 4.08. The number of morpholine rings is 1. The molecule has 0 aliphatic carbocycles. The van der Waals surface area contributed by atoms with Gasteiger partial charge in [-0.2, -0.15) is 5.10 Å². The number of rotatable bonds is 3. The summed E-state index contributed by atoms with van der Waals surface area (Å²) < 4.78 is 12.7. The van der Waals surface area contributed by atoms with Crippen LogP contribution >= 0.6 is 0 Å². The smallest absolute Gasteiger partial charge is 0.323 e. The molecule has 2 fully saturated rings. The molecule has 19 heavy (non-hydrogen) atoms. The highest BCUT2D eigenvalue weighted by molar-refractivity contribution is 5.78. The summed E-state index contributed by atoms with van der Waals surface area (Å²) in [5.41, 5.74) is 0. The lowest BCUT2D eigenvalue weighted by molar-refractivity contribution is -0.147. The van der Waals surface area contributed by atoms with Crippen LogP contribution in [0.25, 0.3) is 0 Å². The van der Waals surface area contributed by atoms with E-state index in [1.54, 1.807) is 11.0 Å². The van der Waals surface area contributed by atoms with E-state index in [0.717, 1.165) is 19.5 Å². The third-order valence-electron chi connectivity index (χ3n) is 3.61. The molecule has 2 aliphatic rings. The normalized spacial score (nSPS) is 32.5. The van der Waals surface area contributed by atoms with Crippen molar-refractivity contribution >= 4 is 5.97 Å². The van der Waals surface area contributed by atoms with Gasteiger partial charge in [0.15, 0.2) is 0 Å². The Bertz CT molecular complexity index is 436. The molecule has 3 atom stereocenters. The zero-order chi connectivity index (χ0) is 13.2. The summed E-state index contributed by atoms with van der Waals surface area (Å²) in [6.45, 7) is 4.74. The maximum absolute atomic E-state index is 11.8. The van der Waals surface area contributed by atoms with Gasteiger partial charge in [0.2, 0.25) is 0 Å². The van der Waals surface area contributed by atoms with Crippen LogP contribution in [0.1, 0.15) is 13.3 Å². The van der Waals surface area contributed by atoms with Crippen molar-refractivity contribution in [3.8, 4) is 0 Å². The highest BCUT2D eigenvalue weighted by atomic mass is 16.6. The van der Waals surface area contributed by atoms with E-state index in [0.29, 0.717) is 13.2 Å². The number of cyclic esters (lactones) is 1. The third kappa shape index (κ3) is 2.76. The van der Waals surface area contributed by atoms with Gasteiger partial charge in [-0.25, -0.2) is 4.98 Å². The highest BCUT2D eigenvalue weighted by Crippen LogP contribution is 2.22. The van der Waals surface area contributed by atoms with Crippen molar-refractivity contribution < 1.29 is 14.3 Å². The second kappa shape index (κ2) is 5.26. The summed E-state index contributed by atoms with van der Waals surface area (Å²) >= 11 is 0. The first-order valence-electron chi connectivity index (χ1n) is 6.61. The first-order valence-corrected chi connectivity index (χ1v) is 6.61. The number of aromatic nitrogens is 3. The summed E-state index contributed by atoms with van der Waals surface area (Å²) in [4.78, 5) is 17.9. The molecule has 0 amide bonds. The molecule has 0 radical (unpaired) electrons. The van der Waals surface area contributed by atoms with E-state index < -0.39 is 0 Å². The van der Waals surface area contributed by atoms with Crippen LogP contribution in [0.5, 0.6) is 0 Å². The van der Waals surface area contributed by atoms with E-state index in [4.69, 9.17) is 9.47 Å². The molecule has 0 bridgehead atoms. The van der Waals surface area contributed by atoms with E-state index in [1.165, 1.54) is 6.33 Å². The number of carbonyl (C=O) groups is 1. The molecule has 0 saturated carbocycles. The standard InChI is InChI=1S/C12H18N4O3/c1-9-4-11(12(17)19-9)15-2-3-18-10(5-15)6-16-8-13-7-14-16/h7-11H,2-6H2,1H3/t9-,10-,11-/m1/s1. The van der Waals surface area contributed by atoms with Crippen LogP contribution in [0.4, 0.5) is 0 Å². The minimum Gasteiger partial charge on any atom is -0.461 e. The van der Waals surface area contributed by atoms with Crippen molar-refractivity contribution in [3.05, 3.63) is 12.7 Å². The molecule has 7 heteroatoms. The van der Waals surface area contributed by atoms with E-state index in [1.807, 2.05) is 6.92 Å². The number of hydrogen-bond donors (Lipinski definition) is 0. The number of nitrogens with zero attached hydrogens (tertiary/aromatic N) is 4. The maximum Gasteiger partial charge on any atom is 0.323 e. The molecule has 7 nitrogen and oxygen atoms in total. The van der Waals surface area contributed by atoms with Crippen LogP contribution in [0.15, 0.2) is 12.7 Å². The van der Waals surface area contributed by atoms with Gasteiger partial charge < -0.3 is 9.47 Å². The first-order chi connectivity index (χ1) is 9.22. The molecule has 1 aromatic heterocycles. The number of ether oxygens (including phenoxy) is 2. The molecule has 3 heterocycles. The Morgan fingerprint density at radius 3 is 3.11 bits per heavy atom. The van der Waals surface area contributed by atoms with E-state index in [2.05, 4.69) is 15.0 Å². The second-order valence-electron chi connectivity index (χ2n) is 5.10. The van der Waals surface area contributed by atoms with Gasteiger partial charge in [0.05, 0.1) is 19.3 Å². The van der Waals surface area contributed by atoms with Gasteiger partial charge in [0.1, 0.15) is 24.8 Å². The van der Waals surface area contributed by atoms with Gasteiger partial charge in [-0.3, -0.25) is 14.4 Å². The molecule has 2 saturated heterocycles. The Balaban J connectivity index is 1.60. The summed E-state index contributed by atoms with van der Waals surface area (Å²) in [6.07, 6.45) is 4.02. The zero-order valence-electron chi connectivity index (χ0n) is 10.9. The van der Waals surface area contributed by atoms with Crippen LogP contribution in [-0.4, -0.2) is 63.6 Å². The fraction of sp³-hybridized carbons (Fsp3) is 0.750. The van der Waals surface area contributed by atoms with Crippen LogP contribution in [0.2, 0.25) is 0 Å². The topological polar surface area (TPSA) is 69.5 Å². The van der Waals surface area contributed by atoms with Gasteiger partial charge >= 0.3 is 5.97 Å². The molecule has 0 aromatic carbocycles. The minimum atomic E-state index is -0.114. The first kappa shape index (κ1) is 12.6. The average molecular weight is 266 g/mol. The van der Waals surface area contributed by atoms with Crippen molar-refractivity contribution in [1.82, 2.24) is 19.7 Å². The van der Waals surface area contributed by atoms with E-state index >= 15 is 0 Å². The van der Waals surface area contributed by atoms with Crippen LogP contribution in [-0.2, 0) is 20.8 Å². The lowest BCUT2D eigenvalue weighted by atomic mass is 10.1. The molecule has 0 N–H and O–H groups in total. The maximum atomic E-state index is 11.8. The summed E-state index contributed by atoms with van der Waals surface area (Å²) in [6, 6.07) is -0.114. The largest absolute Gasteiger partial charge is 0.461 e. The van der Waals surface area contributed by atoms with Gasteiger partial charge in [-0.05, 0) is 6.92 Å². The van der Waals surface area contributed by atoms with E-state index in [9.17, 15) is 4.79 Å². The lowest BCUT2D eigenvalue weighted by Gasteiger charge is -2.35. The molecular weight excluding hydrogens is 248 g/mol. The van der Waals surface area contributed by atoms with E-state index in [-0.39, 0.29) is 24.2 Å². The average Bonchev–Trinajstić information content (AvgIpc) is 2.99. The van der Waals surface area contributed by atoms with Crippen LogP contribution < -0.4 is 0 Å². The molecule has 2 aliphatic heterocycles. The van der Waals surface area contributed by atoms with Crippen molar-refractivity contribution in [2.45, 2.75) is 38.1 Å². The Labute approximate surface area is 111 Å². The second-order valence-corrected chi connectivity index (χ2v) is 5.10. The predicted molar refractivity (Wildman–Crippen MR) is 65.3 cm³/mol. The zero-order valence-corrected chi connectivity index (χ0v) is 10.9. The quantitative estimate of drug-likeness (QED) is 0.699. The Hall–Kier alpha value is -1.47. The van der Waals surface area contributed by atoms with Crippen LogP contribution in [0.3, 0.4) is 0 Å². The fourth-order valence-electron chi connectivity index (χ4n) is 2.71. The molecule has 0 spiro atoms. The van der Waals surface area contributed by atoms with Gasteiger partial charge in [-0.1, -0.05) is 0 Å². The number of hydrogen-bond acceptors (Lipinski definition) is 6. The van der Waals surface area contributed by atoms with Crippen molar-refractivity contribution in [1.29, 1.82) is 0 Å². The molecule has 0 unspecified atom stereocenters. The SMILES string of the molecule is C[C@@H]1C[C@@H](N2CCO[C@@H](Cn3cncn3)C2)C(=O)O1. The molecule has 3 rings (SSSR count).